The van der Waals surface area contributed by atoms with Crippen molar-refractivity contribution in [2.24, 2.45) is 0 Å². The van der Waals surface area contributed by atoms with Crippen LogP contribution in [0.5, 0.6) is 11.5 Å². The van der Waals surface area contributed by atoms with Gasteiger partial charge in [0.2, 0.25) is 6.79 Å². The van der Waals surface area contributed by atoms with E-state index >= 15 is 0 Å². The SMILES string of the molecule is CN(CCOC=O)CC1COCCN1C(=O)c1ccc2c(c1)OCO2. The molecular weight excluding hydrogens is 328 g/mol. The summed E-state index contributed by atoms with van der Waals surface area (Å²) in [5, 5.41) is 0. The van der Waals surface area contributed by atoms with Crippen molar-refractivity contribution in [3.05, 3.63) is 23.8 Å². The molecule has 2 aliphatic rings. The van der Waals surface area contributed by atoms with Crippen molar-refractivity contribution in [1.82, 2.24) is 9.80 Å². The summed E-state index contributed by atoms with van der Waals surface area (Å²) >= 11 is 0. The fourth-order valence-electron chi connectivity index (χ4n) is 2.98. The summed E-state index contributed by atoms with van der Waals surface area (Å²) in [6.45, 7) is 3.72. The van der Waals surface area contributed by atoms with Crippen LogP contribution in [0.1, 0.15) is 10.4 Å². The van der Waals surface area contributed by atoms with Crippen LogP contribution in [-0.4, -0.2) is 81.5 Å². The minimum absolute atomic E-state index is 0.0517. The molecule has 0 spiro atoms. The molecule has 1 aromatic rings. The molecular formula is C17H22N2O6. The number of carbonyl (C=O) groups is 2. The Morgan fingerprint density at radius 2 is 2.24 bits per heavy atom. The van der Waals surface area contributed by atoms with Crippen LogP contribution in [-0.2, 0) is 14.3 Å². The van der Waals surface area contributed by atoms with Gasteiger partial charge in [-0.25, -0.2) is 0 Å². The molecule has 1 unspecified atom stereocenters. The number of hydrogen-bond acceptors (Lipinski definition) is 7. The van der Waals surface area contributed by atoms with Crippen molar-refractivity contribution >= 4 is 12.4 Å². The molecule has 1 fully saturated rings. The van der Waals surface area contributed by atoms with Gasteiger partial charge in [-0.05, 0) is 25.2 Å². The summed E-state index contributed by atoms with van der Waals surface area (Å²) in [6, 6.07) is 5.17. The molecule has 2 aliphatic heterocycles. The zero-order valence-electron chi connectivity index (χ0n) is 14.2. The van der Waals surface area contributed by atoms with Crippen LogP contribution >= 0.6 is 0 Å². The summed E-state index contributed by atoms with van der Waals surface area (Å²) in [6.07, 6.45) is 0. The number of fused-ring (bicyclic) bond motifs is 1. The number of carbonyl (C=O) groups excluding carboxylic acids is 2. The second-order valence-electron chi connectivity index (χ2n) is 6.02. The smallest absolute Gasteiger partial charge is 0.293 e. The van der Waals surface area contributed by atoms with Gasteiger partial charge in [0.05, 0.1) is 19.3 Å². The van der Waals surface area contributed by atoms with Crippen LogP contribution in [0, 0.1) is 0 Å². The Morgan fingerprint density at radius 1 is 1.40 bits per heavy atom. The van der Waals surface area contributed by atoms with E-state index in [9.17, 15) is 9.59 Å². The van der Waals surface area contributed by atoms with Gasteiger partial charge in [-0.1, -0.05) is 0 Å². The van der Waals surface area contributed by atoms with Crippen molar-refractivity contribution in [3.8, 4) is 11.5 Å². The number of hydrogen-bond donors (Lipinski definition) is 0. The monoisotopic (exact) mass is 350 g/mol. The number of benzene rings is 1. The third-order valence-electron chi connectivity index (χ3n) is 4.29. The molecule has 0 radical (unpaired) electrons. The largest absolute Gasteiger partial charge is 0.467 e. The topological polar surface area (TPSA) is 77.5 Å². The van der Waals surface area contributed by atoms with Gasteiger partial charge in [-0.3, -0.25) is 9.59 Å². The Bertz CT molecular complexity index is 623. The van der Waals surface area contributed by atoms with Crippen molar-refractivity contribution in [3.63, 3.8) is 0 Å². The number of amides is 1. The number of ether oxygens (including phenoxy) is 4. The first kappa shape index (κ1) is 17.5. The molecule has 0 N–H and O–H groups in total. The Labute approximate surface area is 146 Å². The van der Waals surface area contributed by atoms with E-state index in [-0.39, 0.29) is 18.7 Å². The summed E-state index contributed by atoms with van der Waals surface area (Å²) in [5.74, 6) is 1.20. The predicted molar refractivity (Wildman–Crippen MR) is 87.7 cm³/mol. The number of nitrogens with zero attached hydrogens (tertiary/aromatic N) is 2. The van der Waals surface area contributed by atoms with Crippen LogP contribution in [0.3, 0.4) is 0 Å². The third kappa shape index (κ3) is 4.21. The van der Waals surface area contributed by atoms with E-state index < -0.39 is 0 Å². The van der Waals surface area contributed by atoms with Gasteiger partial charge in [-0.2, -0.15) is 0 Å². The van der Waals surface area contributed by atoms with E-state index in [0.717, 1.165) is 0 Å². The Kier molecular flexibility index (Phi) is 5.72. The lowest BCUT2D eigenvalue weighted by Crippen LogP contribution is -2.53. The summed E-state index contributed by atoms with van der Waals surface area (Å²) < 4.78 is 20.9. The van der Waals surface area contributed by atoms with Crippen molar-refractivity contribution < 1.29 is 28.5 Å². The van der Waals surface area contributed by atoms with Gasteiger partial charge in [0.1, 0.15) is 6.61 Å². The van der Waals surface area contributed by atoms with Crippen LogP contribution < -0.4 is 9.47 Å². The molecule has 1 saturated heterocycles. The molecule has 0 aromatic heterocycles. The summed E-state index contributed by atoms with van der Waals surface area (Å²) in [7, 11) is 1.92. The first-order valence-electron chi connectivity index (χ1n) is 8.21. The highest BCUT2D eigenvalue weighted by Crippen LogP contribution is 2.33. The van der Waals surface area contributed by atoms with Crippen LogP contribution in [0.25, 0.3) is 0 Å². The van der Waals surface area contributed by atoms with Gasteiger partial charge < -0.3 is 28.7 Å². The maximum Gasteiger partial charge on any atom is 0.293 e. The molecule has 0 saturated carbocycles. The predicted octanol–water partition coefficient (Wildman–Crippen LogP) is 0.361. The summed E-state index contributed by atoms with van der Waals surface area (Å²) in [5.41, 5.74) is 0.572. The molecule has 1 amide bonds. The molecule has 8 heteroatoms. The molecule has 8 nitrogen and oxygen atoms in total. The second kappa shape index (κ2) is 8.17. The molecule has 3 rings (SSSR count). The normalized spacial score (nSPS) is 19.1. The molecule has 0 bridgehead atoms. The number of rotatable bonds is 7. The fraction of sp³-hybridized carbons (Fsp3) is 0.529. The van der Waals surface area contributed by atoms with Crippen molar-refractivity contribution in [2.75, 3.05) is 53.3 Å². The standard InChI is InChI=1S/C17H22N2O6/c1-18(4-6-23-11-20)9-14-10-22-7-5-19(14)17(21)13-2-3-15-16(8-13)25-12-24-15/h2-3,8,11,14H,4-7,9-10,12H2,1H3. The van der Waals surface area contributed by atoms with E-state index in [1.165, 1.54) is 0 Å². The highest BCUT2D eigenvalue weighted by molar-refractivity contribution is 5.95. The van der Waals surface area contributed by atoms with Crippen molar-refractivity contribution in [1.29, 1.82) is 0 Å². The zero-order chi connectivity index (χ0) is 17.6. The lowest BCUT2D eigenvalue weighted by molar-refractivity contribution is -0.129. The van der Waals surface area contributed by atoms with Crippen LogP contribution in [0.4, 0.5) is 0 Å². The van der Waals surface area contributed by atoms with E-state index in [2.05, 4.69) is 0 Å². The van der Waals surface area contributed by atoms with Gasteiger partial charge in [0.25, 0.3) is 12.4 Å². The van der Waals surface area contributed by atoms with Crippen molar-refractivity contribution in [2.45, 2.75) is 6.04 Å². The minimum Gasteiger partial charge on any atom is -0.467 e. The average Bonchev–Trinajstić information content (AvgIpc) is 3.09. The molecule has 1 aromatic carbocycles. The molecule has 2 heterocycles. The maximum absolute atomic E-state index is 12.9. The Morgan fingerprint density at radius 3 is 3.08 bits per heavy atom. The number of morpholine rings is 1. The highest BCUT2D eigenvalue weighted by atomic mass is 16.7. The number of likely N-dealkylation sites (N-methyl/N-ethyl adjacent to an activating group) is 1. The molecule has 0 aliphatic carbocycles. The lowest BCUT2D eigenvalue weighted by Gasteiger charge is -2.37. The van der Waals surface area contributed by atoms with Gasteiger partial charge >= 0.3 is 0 Å². The first-order chi connectivity index (χ1) is 12.2. The van der Waals surface area contributed by atoms with Gasteiger partial charge in [0, 0.05) is 25.2 Å². The molecule has 25 heavy (non-hydrogen) atoms. The molecule has 1 atom stereocenters. The Balaban J connectivity index is 1.65. The maximum atomic E-state index is 12.9. The summed E-state index contributed by atoms with van der Waals surface area (Å²) in [4.78, 5) is 27.0. The van der Waals surface area contributed by atoms with Crippen LogP contribution in [0.15, 0.2) is 18.2 Å². The first-order valence-corrected chi connectivity index (χ1v) is 8.21. The van der Waals surface area contributed by atoms with Gasteiger partial charge in [0.15, 0.2) is 11.5 Å². The van der Waals surface area contributed by atoms with E-state index in [1.54, 1.807) is 18.2 Å². The fourth-order valence-corrected chi connectivity index (χ4v) is 2.98. The third-order valence-corrected chi connectivity index (χ3v) is 4.29. The molecule has 136 valence electrons. The van der Waals surface area contributed by atoms with E-state index in [4.69, 9.17) is 18.9 Å². The zero-order valence-corrected chi connectivity index (χ0v) is 14.2. The minimum atomic E-state index is -0.0621. The highest BCUT2D eigenvalue weighted by Gasteiger charge is 2.29. The second-order valence-corrected chi connectivity index (χ2v) is 6.02. The quantitative estimate of drug-likeness (QED) is 0.519. The van der Waals surface area contributed by atoms with Crippen LogP contribution in [0.2, 0.25) is 0 Å². The average molecular weight is 350 g/mol. The van der Waals surface area contributed by atoms with E-state index in [0.29, 0.717) is 63.0 Å². The Hall–Kier alpha value is -2.32. The van der Waals surface area contributed by atoms with Gasteiger partial charge in [-0.15, -0.1) is 0 Å². The lowest BCUT2D eigenvalue weighted by atomic mass is 10.1. The van der Waals surface area contributed by atoms with E-state index in [1.807, 2.05) is 16.8 Å².